The average molecular weight is 424 g/mol. The number of ether oxygens (including phenoxy) is 1. The number of morpholine rings is 1. The summed E-state index contributed by atoms with van der Waals surface area (Å²) in [5.41, 5.74) is 0.823. The van der Waals surface area contributed by atoms with E-state index in [1.165, 1.54) is 39.7 Å². The molecule has 5 nitrogen and oxygen atoms in total. The molecular weight excluding hydrogens is 398 g/mol. The first kappa shape index (κ1) is 19.4. The van der Waals surface area contributed by atoms with E-state index in [9.17, 15) is 4.79 Å². The van der Waals surface area contributed by atoms with Gasteiger partial charge in [-0.1, -0.05) is 0 Å². The van der Waals surface area contributed by atoms with E-state index in [4.69, 9.17) is 4.74 Å². The van der Waals surface area contributed by atoms with E-state index in [0.29, 0.717) is 11.8 Å². The van der Waals surface area contributed by atoms with E-state index in [1.807, 2.05) is 18.3 Å². The second kappa shape index (κ2) is 9.05. The maximum atomic E-state index is 12.6. The summed E-state index contributed by atoms with van der Waals surface area (Å²) >= 11 is 5.40. The Balaban J connectivity index is 1.36. The fourth-order valence-corrected chi connectivity index (χ4v) is 6.99. The molecule has 4 heterocycles. The molecule has 2 fully saturated rings. The second-order valence-corrected chi connectivity index (χ2v) is 10.3. The number of thiophene rings is 1. The van der Waals surface area contributed by atoms with Crippen molar-refractivity contribution in [3.05, 3.63) is 27.6 Å². The van der Waals surface area contributed by atoms with Crippen molar-refractivity contribution in [1.29, 1.82) is 0 Å². The molecule has 2 saturated heterocycles. The lowest BCUT2D eigenvalue weighted by atomic mass is 10.2. The van der Waals surface area contributed by atoms with Gasteiger partial charge in [-0.3, -0.25) is 9.69 Å². The van der Waals surface area contributed by atoms with Crippen LogP contribution in [-0.4, -0.2) is 60.9 Å². The van der Waals surface area contributed by atoms with Crippen molar-refractivity contribution in [2.45, 2.75) is 25.0 Å². The number of thioether (sulfide) groups is 1. The number of aromatic nitrogens is 1. The molecule has 0 saturated carbocycles. The summed E-state index contributed by atoms with van der Waals surface area (Å²) in [5.74, 6) is 1.26. The summed E-state index contributed by atoms with van der Waals surface area (Å²) in [6.07, 6.45) is 2.59. The lowest BCUT2D eigenvalue weighted by Crippen LogP contribution is -2.41. The summed E-state index contributed by atoms with van der Waals surface area (Å²) < 4.78 is 5.36. The number of nitrogens with zero attached hydrogens (tertiary/aromatic N) is 2. The van der Waals surface area contributed by atoms with Crippen molar-refractivity contribution in [2.75, 3.05) is 45.1 Å². The molecule has 0 radical (unpaired) electrons. The van der Waals surface area contributed by atoms with E-state index in [-0.39, 0.29) is 5.91 Å². The normalized spacial score (nSPS) is 20.9. The Kier molecular flexibility index (Phi) is 6.50. The van der Waals surface area contributed by atoms with Gasteiger partial charge in [0.2, 0.25) is 0 Å². The maximum Gasteiger partial charge on any atom is 0.263 e. The van der Waals surface area contributed by atoms with Gasteiger partial charge in [-0.25, -0.2) is 4.98 Å². The minimum atomic E-state index is -0.00682. The van der Waals surface area contributed by atoms with Crippen molar-refractivity contribution in [3.8, 4) is 9.88 Å². The minimum absolute atomic E-state index is 0.00682. The quantitative estimate of drug-likeness (QED) is 0.766. The molecule has 1 amide bonds. The predicted molar refractivity (Wildman–Crippen MR) is 114 cm³/mol. The first-order valence-electron chi connectivity index (χ1n) is 9.48. The summed E-state index contributed by atoms with van der Waals surface area (Å²) in [6.45, 7) is 6.92. The number of amides is 1. The fraction of sp³-hybridized carbons (Fsp3) is 0.579. The first-order chi connectivity index (χ1) is 13.2. The molecule has 2 aliphatic rings. The molecule has 8 heteroatoms. The van der Waals surface area contributed by atoms with Crippen LogP contribution in [0.5, 0.6) is 0 Å². The average Bonchev–Trinajstić information content (AvgIpc) is 3.42. The Morgan fingerprint density at radius 3 is 2.96 bits per heavy atom. The van der Waals surface area contributed by atoms with E-state index in [2.05, 4.69) is 39.1 Å². The summed E-state index contributed by atoms with van der Waals surface area (Å²) in [7, 11) is 0. The predicted octanol–water partition coefficient (Wildman–Crippen LogP) is 3.81. The van der Waals surface area contributed by atoms with Gasteiger partial charge in [0.05, 0.1) is 23.8 Å². The third kappa shape index (κ3) is 4.74. The summed E-state index contributed by atoms with van der Waals surface area (Å²) in [4.78, 5) is 22.9. The monoisotopic (exact) mass is 423 g/mol. The van der Waals surface area contributed by atoms with Crippen molar-refractivity contribution in [2.24, 2.45) is 0 Å². The molecule has 4 rings (SSSR count). The highest BCUT2D eigenvalue weighted by molar-refractivity contribution is 7.99. The van der Waals surface area contributed by atoms with Gasteiger partial charge in [-0.2, -0.15) is 11.8 Å². The van der Waals surface area contributed by atoms with Crippen LogP contribution in [0.25, 0.3) is 9.88 Å². The zero-order chi connectivity index (χ0) is 18.6. The number of carbonyl (C=O) groups excluding carboxylic acids is 1. The molecule has 27 heavy (non-hydrogen) atoms. The van der Waals surface area contributed by atoms with Crippen LogP contribution in [0.1, 0.15) is 38.3 Å². The molecule has 146 valence electrons. The van der Waals surface area contributed by atoms with Gasteiger partial charge in [0, 0.05) is 36.3 Å². The Morgan fingerprint density at radius 1 is 1.33 bits per heavy atom. The second-order valence-electron chi connectivity index (χ2n) is 6.85. The van der Waals surface area contributed by atoms with E-state index in [1.54, 1.807) is 0 Å². The highest BCUT2D eigenvalue weighted by Crippen LogP contribution is 2.44. The third-order valence-electron chi connectivity index (χ3n) is 4.90. The molecule has 0 aliphatic carbocycles. The Morgan fingerprint density at radius 2 is 2.19 bits per heavy atom. The van der Waals surface area contributed by atoms with Gasteiger partial charge in [-0.05, 0) is 37.7 Å². The zero-order valence-corrected chi connectivity index (χ0v) is 18.0. The van der Waals surface area contributed by atoms with Crippen molar-refractivity contribution >= 4 is 40.3 Å². The van der Waals surface area contributed by atoms with E-state index >= 15 is 0 Å². The Labute approximate surface area is 172 Å². The lowest BCUT2D eigenvalue weighted by molar-refractivity contribution is 0.0383. The molecule has 0 spiro atoms. The van der Waals surface area contributed by atoms with Crippen LogP contribution >= 0.6 is 34.4 Å². The molecule has 1 N–H and O–H groups in total. The van der Waals surface area contributed by atoms with Crippen LogP contribution in [0.15, 0.2) is 12.1 Å². The van der Waals surface area contributed by atoms with Gasteiger partial charge >= 0.3 is 0 Å². The molecule has 0 bridgehead atoms. The number of carbonyl (C=O) groups is 1. The summed E-state index contributed by atoms with van der Waals surface area (Å²) in [5, 5.41) is 4.66. The topological polar surface area (TPSA) is 54.5 Å². The molecule has 1 atom stereocenters. The number of aryl methyl sites for hydroxylation is 1. The van der Waals surface area contributed by atoms with Gasteiger partial charge in [0.15, 0.2) is 0 Å². The minimum Gasteiger partial charge on any atom is -0.379 e. The number of thiazole rings is 1. The van der Waals surface area contributed by atoms with Gasteiger partial charge in [-0.15, -0.1) is 22.7 Å². The number of rotatable bonds is 6. The lowest BCUT2D eigenvalue weighted by Gasteiger charge is -2.26. The number of hydrogen-bond donors (Lipinski definition) is 1. The summed E-state index contributed by atoms with van der Waals surface area (Å²) in [6, 6.07) is 4.40. The SMILES string of the molecule is Cc1nc(-c2ccc(C3CCCS3)s2)sc1C(=O)NCCN1CCOCC1. The third-order valence-corrected chi connectivity index (χ3v) is 8.99. The molecule has 2 aromatic heterocycles. The smallest absolute Gasteiger partial charge is 0.263 e. The van der Waals surface area contributed by atoms with Crippen molar-refractivity contribution in [3.63, 3.8) is 0 Å². The standard InChI is InChI=1S/C19H25N3O2S3/c1-13-17(18(23)20-6-7-22-8-10-24-11-9-22)27-19(21-13)16-5-4-15(26-16)14-3-2-12-25-14/h4-5,14H,2-3,6-12H2,1H3,(H,20,23). The van der Waals surface area contributed by atoms with Crippen LogP contribution in [0, 0.1) is 6.92 Å². The first-order valence-corrected chi connectivity index (χ1v) is 12.2. The molecule has 1 unspecified atom stereocenters. The largest absolute Gasteiger partial charge is 0.379 e. The van der Waals surface area contributed by atoms with Crippen LogP contribution in [0.3, 0.4) is 0 Å². The van der Waals surface area contributed by atoms with Crippen molar-refractivity contribution < 1.29 is 9.53 Å². The highest BCUT2D eigenvalue weighted by Gasteiger charge is 2.22. The Bertz CT molecular complexity index is 777. The van der Waals surface area contributed by atoms with Crippen LogP contribution in [0.4, 0.5) is 0 Å². The van der Waals surface area contributed by atoms with Gasteiger partial charge in [0.1, 0.15) is 9.88 Å². The van der Waals surface area contributed by atoms with Gasteiger partial charge < -0.3 is 10.1 Å². The molecule has 2 aliphatic heterocycles. The molecule has 0 aromatic carbocycles. The van der Waals surface area contributed by atoms with Crippen LogP contribution < -0.4 is 5.32 Å². The Hall–Kier alpha value is -0.930. The molecular formula is C19H25N3O2S3. The highest BCUT2D eigenvalue weighted by atomic mass is 32.2. The maximum absolute atomic E-state index is 12.6. The van der Waals surface area contributed by atoms with Crippen LogP contribution in [0.2, 0.25) is 0 Å². The fourth-order valence-electron chi connectivity index (χ4n) is 3.39. The zero-order valence-electron chi connectivity index (χ0n) is 15.5. The van der Waals surface area contributed by atoms with E-state index < -0.39 is 0 Å². The van der Waals surface area contributed by atoms with Crippen molar-refractivity contribution in [1.82, 2.24) is 15.2 Å². The molecule has 2 aromatic rings. The number of hydrogen-bond acceptors (Lipinski definition) is 7. The van der Waals surface area contributed by atoms with E-state index in [0.717, 1.165) is 48.4 Å². The number of nitrogens with one attached hydrogen (secondary N) is 1. The van der Waals surface area contributed by atoms with Crippen LogP contribution in [-0.2, 0) is 4.74 Å². The van der Waals surface area contributed by atoms with Gasteiger partial charge in [0.25, 0.3) is 5.91 Å².